The number of anilines is 1. The van der Waals surface area contributed by atoms with Crippen molar-refractivity contribution in [1.82, 2.24) is 26.1 Å². The van der Waals surface area contributed by atoms with Gasteiger partial charge in [-0.2, -0.15) is 18.2 Å². The zero-order chi connectivity index (χ0) is 25.0. The average Bonchev–Trinajstić information content (AvgIpc) is 3.51. The summed E-state index contributed by atoms with van der Waals surface area (Å²) in [6, 6.07) is 5.70. The molecule has 3 fully saturated rings. The maximum Gasteiger partial charge on any atom is 0.446 e. The third kappa shape index (κ3) is 4.75. The number of carbonyl (C=O) groups excluding carboxylic acids is 1. The maximum atomic E-state index is 13.6. The van der Waals surface area contributed by atoms with E-state index in [2.05, 4.69) is 38.3 Å². The van der Waals surface area contributed by atoms with Crippen molar-refractivity contribution in [1.29, 1.82) is 0 Å². The molecule has 2 bridgehead atoms. The first-order valence-corrected chi connectivity index (χ1v) is 13.6. The van der Waals surface area contributed by atoms with Crippen molar-refractivity contribution in [3.63, 3.8) is 0 Å². The SMILES string of the molecule is CC1CC2CC(Nc3cccc4c(SC(F)(F)F)c(-c5noc(C6CNC(=O)N6)n5)sc34)CC(C1)N2. The number of piperidine rings is 2. The van der Waals surface area contributed by atoms with Gasteiger partial charge in [-0.05, 0) is 49.4 Å². The van der Waals surface area contributed by atoms with Crippen molar-refractivity contribution in [2.24, 2.45) is 5.92 Å². The highest BCUT2D eigenvalue weighted by Crippen LogP contribution is 2.51. The maximum absolute atomic E-state index is 13.6. The Kier molecular flexibility index (Phi) is 6.03. The van der Waals surface area contributed by atoms with E-state index in [4.69, 9.17) is 4.52 Å². The van der Waals surface area contributed by atoms with Crippen molar-refractivity contribution in [2.75, 3.05) is 11.9 Å². The van der Waals surface area contributed by atoms with Crippen LogP contribution in [-0.4, -0.2) is 46.4 Å². The lowest BCUT2D eigenvalue weighted by molar-refractivity contribution is -0.0327. The number of nitrogens with one attached hydrogen (secondary N) is 4. The van der Waals surface area contributed by atoms with Gasteiger partial charge in [-0.15, -0.1) is 11.3 Å². The van der Waals surface area contributed by atoms with Crippen molar-refractivity contribution in [3.8, 4) is 10.7 Å². The van der Waals surface area contributed by atoms with Gasteiger partial charge in [0.15, 0.2) is 0 Å². The number of amides is 2. The molecule has 192 valence electrons. The predicted molar refractivity (Wildman–Crippen MR) is 132 cm³/mol. The fraction of sp³-hybridized carbons (Fsp3) is 0.522. The number of thioether (sulfide) groups is 1. The Morgan fingerprint density at radius 2 is 1.97 bits per heavy atom. The fourth-order valence-corrected chi connectivity index (χ4v) is 7.74. The molecule has 3 atom stereocenters. The second kappa shape index (κ2) is 9.10. The van der Waals surface area contributed by atoms with Crippen molar-refractivity contribution < 1.29 is 22.5 Å². The first-order chi connectivity index (χ1) is 17.2. The molecular formula is C23H25F3N6O2S2. The first-order valence-electron chi connectivity index (χ1n) is 11.9. The van der Waals surface area contributed by atoms with E-state index in [0.29, 0.717) is 28.3 Å². The third-order valence-electron chi connectivity index (χ3n) is 6.95. The molecule has 0 saturated carbocycles. The molecule has 3 aliphatic rings. The van der Waals surface area contributed by atoms with Crippen molar-refractivity contribution >= 4 is 44.9 Å². The zero-order valence-corrected chi connectivity index (χ0v) is 20.9. The topological polar surface area (TPSA) is 104 Å². The molecule has 3 unspecified atom stereocenters. The lowest BCUT2D eigenvalue weighted by Crippen LogP contribution is -2.53. The standard InChI is InChI=1S/C23H25F3N6O2S2/c1-10-5-11-7-13(8-12(6-10)28-11)29-15-4-2-3-14-17(15)35-19(18(14)36-23(24,25)26)20-31-21(34-32-20)16-9-27-22(33)30-16/h2-4,10-13,16,28-29H,5-9H2,1H3,(H2,27,30,33). The number of urea groups is 1. The summed E-state index contributed by atoms with van der Waals surface area (Å²) in [6.07, 6.45) is 4.25. The van der Waals surface area contributed by atoms with E-state index >= 15 is 0 Å². The number of rotatable bonds is 5. The summed E-state index contributed by atoms with van der Waals surface area (Å²) >= 11 is 1.06. The molecule has 0 spiro atoms. The Labute approximate surface area is 213 Å². The summed E-state index contributed by atoms with van der Waals surface area (Å²) < 4.78 is 46.8. The molecule has 5 heterocycles. The Bertz CT molecular complexity index is 1280. The van der Waals surface area contributed by atoms with Gasteiger partial charge in [-0.25, -0.2) is 4.79 Å². The minimum atomic E-state index is -4.48. The summed E-state index contributed by atoms with van der Waals surface area (Å²) in [6.45, 7) is 2.56. The average molecular weight is 539 g/mol. The van der Waals surface area contributed by atoms with E-state index in [0.717, 1.165) is 36.1 Å². The van der Waals surface area contributed by atoms with Crippen LogP contribution in [0.3, 0.4) is 0 Å². The van der Waals surface area contributed by atoms with Gasteiger partial charge < -0.3 is 25.8 Å². The number of hydrogen-bond acceptors (Lipinski definition) is 8. The molecule has 0 radical (unpaired) electrons. The Balaban J connectivity index is 1.34. The van der Waals surface area contributed by atoms with Crippen LogP contribution in [0.5, 0.6) is 0 Å². The van der Waals surface area contributed by atoms with Gasteiger partial charge >= 0.3 is 11.5 Å². The Hall–Kier alpha value is -2.51. The zero-order valence-electron chi connectivity index (χ0n) is 19.3. The second-order valence-electron chi connectivity index (χ2n) is 9.80. The summed E-state index contributed by atoms with van der Waals surface area (Å²) in [5.41, 5.74) is -3.66. The summed E-state index contributed by atoms with van der Waals surface area (Å²) in [4.78, 5) is 16.2. The fourth-order valence-electron chi connectivity index (χ4n) is 5.63. The van der Waals surface area contributed by atoms with E-state index in [1.165, 1.54) is 11.3 Å². The second-order valence-corrected chi connectivity index (χ2v) is 11.9. The Morgan fingerprint density at radius 3 is 2.67 bits per heavy atom. The number of carbonyl (C=O) groups is 1. The van der Waals surface area contributed by atoms with Crippen LogP contribution in [-0.2, 0) is 0 Å². The monoisotopic (exact) mass is 538 g/mol. The molecule has 36 heavy (non-hydrogen) atoms. The smallest absolute Gasteiger partial charge is 0.381 e. The number of aromatic nitrogens is 2. The molecule has 4 N–H and O–H groups in total. The molecular weight excluding hydrogens is 513 g/mol. The van der Waals surface area contributed by atoms with Gasteiger partial charge in [0.25, 0.3) is 5.89 Å². The molecule has 3 aromatic rings. The van der Waals surface area contributed by atoms with Gasteiger partial charge in [-0.3, -0.25) is 0 Å². The molecule has 13 heteroatoms. The number of alkyl halides is 3. The number of hydrogen-bond donors (Lipinski definition) is 4. The van der Waals surface area contributed by atoms with Crippen LogP contribution in [0.1, 0.15) is 44.5 Å². The summed E-state index contributed by atoms with van der Waals surface area (Å²) in [7, 11) is 0. The van der Waals surface area contributed by atoms with Gasteiger partial charge in [0.05, 0.1) is 15.3 Å². The summed E-state index contributed by atoms with van der Waals surface area (Å²) in [5, 5.41) is 17.1. The predicted octanol–water partition coefficient (Wildman–Crippen LogP) is 5.25. The number of nitrogens with zero attached hydrogens (tertiary/aromatic N) is 2. The highest BCUT2D eigenvalue weighted by Gasteiger charge is 2.36. The highest BCUT2D eigenvalue weighted by atomic mass is 32.2. The van der Waals surface area contributed by atoms with Crippen LogP contribution >= 0.6 is 23.1 Å². The number of halogens is 3. The number of thiophene rings is 1. The number of fused-ring (bicyclic) bond motifs is 3. The lowest BCUT2D eigenvalue weighted by Gasteiger charge is -2.43. The molecule has 2 amide bonds. The van der Waals surface area contributed by atoms with E-state index in [1.54, 1.807) is 12.1 Å². The minimum Gasteiger partial charge on any atom is -0.381 e. The molecule has 3 saturated heterocycles. The van der Waals surface area contributed by atoms with Crippen LogP contribution < -0.4 is 21.3 Å². The van der Waals surface area contributed by atoms with E-state index in [1.807, 2.05) is 6.07 Å². The Morgan fingerprint density at radius 1 is 1.19 bits per heavy atom. The van der Waals surface area contributed by atoms with E-state index in [9.17, 15) is 18.0 Å². The summed E-state index contributed by atoms with van der Waals surface area (Å²) in [5.74, 6) is 0.939. The highest BCUT2D eigenvalue weighted by molar-refractivity contribution is 8.00. The van der Waals surface area contributed by atoms with E-state index in [-0.39, 0.29) is 47.0 Å². The van der Waals surface area contributed by atoms with Gasteiger partial charge in [0.1, 0.15) is 6.04 Å². The minimum absolute atomic E-state index is 0.0584. The quantitative estimate of drug-likeness (QED) is 0.329. The molecule has 3 aliphatic heterocycles. The van der Waals surface area contributed by atoms with Crippen LogP contribution in [0.15, 0.2) is 27.6 Å². The van der Waals surface area contributed by atoms with Crippen LogP contribution in [0.2, 0.25) is 0 Å². The molecule has 8 nitrogen and oxygen atoms in total. The molecule has 1 aromatic carbocycles. The van der Waals surface area contributed by atoms with Crippen molar-refractivity contribution in [3.05, 3.63) is 24.1 Å². The third-order valence-corrected chi connectivity index (χ3v) is 9.17. The van der Waals surface area contributed by atoms with Gasteiger partial charge in [-0.1, -0.05) is 24.2 Å². The van der Waals surface area contributed by atoms with Crippen LogP contribution in [0, 0.1) is 5.92 Å². The van der Waals surface area contributed by atoms with Crippen molar-refractivity contribution in [2.45, 2.75) is 67.2 Å². The van der Waals surface area contributed by atoms with Crippen LogP contribution in [0.4, 0.5) is 23.7 Å². The van der Waals surface area contributed by atoms with E-state index < -0.39 is 11.6 Å². The normalized spacial score (nSPS) is 28.2. The lowest BCUT2D eigenvalue weighted by atomic mass is 9.79. The molecule has 0 aliphatic carbocycles. The van der Waals surface area contributed by atoms with Gasteiger partial charge in [0.2, 0.25) is 5.82 Å². The number of benzene rings is 1. The van der Waals surface area contributed by atoms with Gasteiger partial charge in [0, 0.05) is 35.0 Å². The van der Waals surface area contributed by atoms with Crippen LogP contribution in [0.25, 0.3) is 20.8 Å². The molecule has 2 aromatic heterocycles. The molecule has 6 rings (SSSR count). The first kappa shape index (κ1) is 23.9. The largest absolute Gasteiger partial charge is 0.446 e.